The Morgan fingerprint density at radius 1 is 1.41 bits per heavy atom. The molecule has 17 heavy (non-hydrogen) atoms. The molecule has 0 atom stereocenters. The fourth-order valence-corrected chi connectivity index (χ4v) is 2.42. The second-order valence-electron chi connectivity index (χ2n) is 4.31. The molecule has 0 radical (unpaired) electrons. The maximum atomic E-state index is 6.02. The van der Waals surface area contributed by atoms with Crippen molar-refractivity contribution in [2.24, 2.45) is 5.92 Å². The van der Waals surface area contributed by atoms with Crippen LogP contribution in [0.4, 0.5) is 0 Å². The second kappa shape index (κ2) is 5.96. The van der Waals surface area contributed by atoms with Crippen LogP contribution in [0.25, 0.3) is 0 Å². The zero-order valence-corrected chi connectivity index (χ0v) is 12.2. The number of alkyl halides is 1. The summed E-state index contributed by atoms with van der Waals surface area (Å²) in [6, 6.07) is 3.70. The minimum atomic E-state index is 0.672. The molecule has 1 fully saturated rings. The summed E-state index contributed by atoms with van der Waals surface area (Å²) in [4.78, 5) is 0. The Labute approximate surface area is 115 Å². The van der Waals surface area contributed by atoms with Crippen LogP contribution < -0.4 is 9.47 Å². The van der Waals surface area contributed by atoms with Gasteiger partial charge >= 0.3 is 0 Å². The van der Waals surface area contributed by atoms with Crippen molar-refractivity contribution in [3.05, 3.63) is 22.7 Å². The van der Waals surface area contributed by atoms with Crippen LogP contribution in [-0.4, -0.2) is 13.7 Å². The van der Waals surface area contributed by atoms with Crippen molar-refractivity contribution in [1.29, 1.82) is 0 Å². The highest BCUT2D eigenvalue weighted by Crippen LogP contribution is 2.37. The molecule has 0 unspecified atom stereocenters. The van der Waals surface area contributed by atoms with Gasteiger partial charge in [0.2, 0.25) is 0 Å². The zero-order chi connectivity index (χ0) is 12.3. The van der Waals surface area contributed by atoms with Crippen molar-refractivity contribution in [3.8, 4) is 11.5 Å². The molecule has 2 rings (SSSR count). The van der Waals surface area contributed by atoms with Crippen LogP contribution in [0.2, 0.25) is 5.02 Å². The van der Waals surface area contributed by atoms with E-state index in [1.807, 2.05) is 6.07 Å². The number of benzene rings is 1. The molecule has 0 heterocycles. The summed E-state index contributed by atoms with van der Waals surface area (Å²) in [6.07, 6.45) is 3.84. The van der Waals surface area contributed by atoms with Gasteiger partial charge in [0.1, 0.15) is 0 Å². The SMILES string of the molecule is COc1cc(Cl)cc(CBr)c1OCCC1CC1. The Morgan fingerprint density at radius 2 is 2.18 bits per heavy atom. The summed E-state index contributed by atoms with van der Waals surface area (Å²) >= 11 is 9.46. The van der Waals surface area contributed by atoms with E-state index in [0.717, 1.165) is 30.3 Å². The van der Waals surface area contributed by atoms with E-state index in [1.54, 1.807) is 13.2 Å². The molecule has 1 aromatic carbocycles. The lowest BCUT2D eigenvalue weighted by Crippen LogP contribution is -2.02. The van der Waals surface area contributed by atoms with Crippen molar-refractivity contribution in [2.45, 2.75) is 24.6 Å². The minimum Gasteiger partial charge on any atom is -0.493 e. The maximum absolute atomic E-state index is 6.02. The molecular weight excluding hydrogens is 303 g/mol. The van der Waals surface area contributed by atoms with Crippen LogP contribution in [0.1, 0.15) is 24.8 Å². The van der Waals surface area contributed by atoms with E-state index >= 15 is 0 Å². The topological polar surface area (TPSA) is 18.5 Å². The van der Waals surface area contributed by atoms with Gasteiger partial charge < -0.3 is 9.47 Å². The second-order valence-corrected chi connectivity index (χ2v) is 5.31. The normalized spacial score (nSPS) is 14.8. The van der Waals surface area contributed by atoms with E-state index in [9.17, 15) is 0 Å². The summed E-state index contributed by atoms with van der Waals surface area (Å²) in [7, 11) is 1.64. The number of ether oxygens (including phenoxy) is 2. The molecule has 0 bridgehead atoms. The number of hydrogen-bond acceptors (Lipinski definition) is 2. The molecule has 0 spiro atoms. The third kappa shape index (κ3) is 3.52. The van der Waals surface area contributed by atoms with E-state index in [0.29, 0.717) is 16.1 Å². The first kappa shape index (κ1) is 13.0. The van der Waals surface area contributed by atoms with Crippen LogP contribution in [-0.2, 0) is 5.33 Å². The largest absolute Gasteiger partial charge is 0.493 e. The van der Waals surface area contributed by atoms with Crippen molar-refractivity contribution in [3.63, 3.8) is 0 Å². The van der Waals surface area contributed by atoms with Gasteiger partial charge in [0.15, 0.2) is 11.5 Å². The van der Waals surface area contributed by atoms with Gasteiger partial charge in [-0.25, -0.2) is 0 Å². The summed E-state index contributed by atoms with van der Waals surface area (Å²) in [5, 5.41) is 1.38. The Bertz CT molecular complexity index is 366. The molecular formula is C13H16BrClO2. The molecule has 0 aromatic heterocycles. The Hall–Kier alpha value is -0.410. The molecule has 94 valence electrons. The molecule has 1 aliphatic rings. The lowest BCUT2D eigenvalue weighted by Gasteiger charge is -2.14. The highest BCUT2D eigenvalue weighted by molar-refractivity contribution is 9.08. The van der Waals surface area contributed by atoms with Crippen LogP contribution in [0.3, 0.4) is 0 Å². The Balaban J connectivity index is 2.10. The average Bonchev–Trinajstić information content (AvgIpc) is 3.14. The third-order valence-electron chi connectivity index (χ3n) is 2.93. The zero-order valence-electron chi connectivity index (χ0n) is 9.84. The monoisotopic (exact) mass is 318 g/mol. The highest BCUT2D eigenvalue weighted by Gasteiger charge is 2.21. The summed E-state index contributed by atoms with van der Waals surface area (Å²) < 4.78 is 11.2. The summed E-state index contributed by atoms with van der Waals surface area (Å²) in [5.41, 5.74) is 1.03. The average molecular weight is 320 g/mol. The molecule has 0 amide bonds. The Morgan fingerprint density at radius 3 is 2.76 bits per heavy atom. The summed E-state index contributed by atoms with van der Waals surface area (Å²) in [6.45, 7) is 0.753. The van der Waals surface area contributed by atoms with Gasteiger partial charge in [0.05, 0.1) is 13.7 Å². The van der Waals surface area contributed by atoms with Gasteiger partial charge in [-0.15, -0.1) is 0 Å². The lowest BCUT2D eigenvalue weighted by molar-refractivity contribution is 0.281. The molecule has 4 heteroatoms. The van der Waals surface area contributed by atoms with E-state index < -0.39 is 0 Å². The first-order valence-corrected chi connectivity index (χ1v) is 7.29. The van der Waals surface area contributed by atoms with Crippen LogP contribution in [0.15, 0.2) is 12.1 Å². The van der Waals surface area contributed by atoms with Crippen LogP contribution in [0.5, 0.6) is 11.5 Å². The van der Waals surface area contributed by atoms with E-state index in [2.05, 4.69) is 15.9 Å². The van der Waals surface area contributed by atoms with Crippen molar-refractivity contribution in [2.75, 3.05) is 13.7 Å². The first-order chi connectivity index (χ1) is 8.24. The molecule has 0 N–H and O–H groups in total. The quantitative estimate of drug-likeness (QED) is 0.723. The Kier molecular flexibility index (Phi) is 4.57. The predicted molar refractivity (Wildman–Crippen MR) is 73.5 cm³/mol. The van der Waals surface area contributed by atoms with Crippen molar-refractivity contribution in [1.82, 2.24) is 0 Å². The van der Waals surface area contributed by atoms with Gasteiger partial charge in [-0.1, -0.05) is 40.4 Å². The molecule has 1 aliphatic carbocycles. The minimum absolute atomic E-state index is 0.672. The first-order valence-electron chi connectivity index (χ1n) is 5.79. The lowest BCUT2D eigenvalue weighted by atomic mass is 10.2. The van der Waals surface area contributed by atoms with E-state index in [1.165, 1.54) is 12.8 Å². The molecule has 1 aromatic rings. The highest BCUT2D eigenvalue weighted by atomic mass is 79.9. The standard InChI is InChI=1S/C13H16BrClO2/c1-16-12-7-11(15)6-10(8-14)13(12)17-5-4-9-2-3-9/h6-7,9H,2-5,8H2,1H3. The predicted octanol–water partition coefficient (Wildman–Crippen LogP) is 4.42. The van der Waals surface area contributed by atoms with Crippen molar-refractivity contribution < 1.29 is 9.47 Å². The van der Waals surface area contributed by atoms with E-state index in [-0.39, 0.29) is 0 Å². The van der Waals surface area contributed by atoms with Gasteiger partial charge in [-0.2, -0.15) is 0 Å². The van der Waals surface area contributed by atoms with Crippen LogP contribution >= 0.6 is 27.5 Å². The fourth-order valence-electron chi connectivity index (χ4n) is 1.77. The third-order valence-corrected chi connectivity index (χ3v) is 3.75. The van der Waals surface area contributed by atoms with Gasteiger partial charge in [0, 0.05) is 22.0 Å². The number of hydrogen-bond donors (Lipinski definition) is 0. The fraction of sp³-hybridized carbons (Fsp3) is 0.538. The summed E-state index contributed by atoms with van der Waals surface area (Å²) in [5.74, 6) is 2.40. The van der Waals surface area contributed by atoms with Crippen LogP contribution in [0, 0.1) is 5.92 Å². The van der Waals surface area contributed by atoms with E-state index in [4.69, 9.17) is 21.1 Å². The number of methoxy groups -OCH3 is 1. The number of rotatable bonds is 6. The molecule has 1 saturated carbocycles. The maximum Gasteiger partial charge on any atom is 0.165 e. The molecule has 0 aliphatic heterocycles. The molecule has 2 nitrogen and oxygen atoms in total. The van der Waals surface area contributed by atoms with Crippen molar-refractivity contribution >= 4 is 27.5 Å². The number of halogens is 2. The smallest absolute Gasteiger partial charge is 0.165 e. The van der Waals surface area contributed by atoms with Gasteiger partial charge in [0.25, 0.3) is 0 Å². The van der Waals surface area contributed by atoms with Gasteiger partial charge in [-0.05, 0) is 18.4 Å². The van der Waals surface area contributed by atoms with Gasteiger partial charge in [-0.3, -0.25) is 0 Å². The molecule has 0 saturated heterocycles.